The van der Waals surface area contributed by atoms with E-state index < -0.39 is 0 Å². The highest BCUT2D eigenvalue weighted by Crippen LogP contribution is 2.27. The van der Waals surface area contributed by atoms with Crippen molar-refractivity contribution in [3.8, 4) is 11.3 Å². The first kappa shape index (κ1) is 15.7. The topological polar surface area (TPSA) is 74.1 Å². The molecule has 0 aliphatic carbocycles. The predicted molar refractivity (Wildman–Crippen MR) is 92.9 cm³/mol. The monoisotopic (exact) mass is 331 g/mol. The minimum Gasteiger partial charge on any atom is -0.388 e. The average Bonchev–Trinajstić information content (AvgIpc) is 2.61. The lowest BCUT2D eigenvalue weighted by Crippen LogP contribution is -2.37. The van der Waals surface area contributed by atoms with E-state index in [0.29, 0.717) is 24.3 Å². The molecule has 3 rings (SSSR count). The van der Waals surface area contributed by atoms with E-state index >= 15 is 0 Å². The number of morpholine rings is 1. The van der Waals surface area contributed by atoms with E-state index in [4.69, 9.17) is 21.7 Å². The number of anilines is 2. The Balaban J connectivity index is 1.99. The molecule has 0 unspecified atom stereocenters. The Morgan fingerprint density at radius 3 is 2.74 bits per heavy atom. The molecule has 2 aromatic rings. The van der Waals surface area contributed by atoms with Crippen LogP contribution >= 0.6 is 11.6 Å². The number of hydrogen-bond acceptors (Lipinski definition) is 6. The smallest absolute Gasteiger partial charge is 0.227 e. The van der Waals surface area contributed by atoms with E-state index in [-0.39, 0.29) is 0 Å². The number of nitrogens with one attached hydrogen (secondary N) is 2. The number of benzene rings is 1. The van der Waals surface area contributed by atoms with Gasteiger partial charge in [-0.2, -0.15) is 0 Å². The Labute approximate surface area is 140 Å². The minimum absolute atomic E-state index is 0.415. The molecule has 0 bridgehead atoms. The molecule has 0 saturated carbocycles. The summed E-state index contributed by atoms with van der Waals surface area (Å²) in [6.07, 6.45) is 1.32. The van der Waals surface area contributed by atoms with Gasteiger partial charge in [0.25, 0.3) is 0 Å². The largest absolute Gasteiger partial charge is 0.388 e. The number of hydrogen-bond donors (Lipinski definition) is 2. The number of aromatic nitrogens is 2. The summed E-state index contributed by atoms with van der Waals surface area (Å²) in [4.78, 5) is 11.1. The van der Waals surface area contributed by atoms with Gasteiger partial charge in [0.1, 0.15) is 5.15 Å². The zero-order valence-electron chi connectivity index (χ0n) is 12.8. The van der Waals surface area contributed by atoms with E-state index in [9.17, 15) is 0 Å². The third-order valence-corrected chi connectivity index (χ3v) is 3.94. The van der Waals surface area contributed by atoms with Crippen molar-refractivity contribution in [2.75, 3.05) is 43.6 Å². The first-order valence-electron chi connectivity index (χ1n) is 7.41. The molecule has 1 aliphatic heterocycles. The molecule has 0 spiro atoms. The molecule has 0 atom stereocenters. The third-order valence-electron chi connectivity index (χ3n) is 3.75. The van der Waals surface area contributed by atoms with Crippen LogP contribution in [0.1, 0.15) is 5.56 Å². The van der Waals surface area contributed by atoms with Gasteiger partial charge in [-0.1, -0.05) is 23.7 Å². The zero-order valence-corrected chi connectivity index (χ0v) is 13.6. The molecular weight excluding hydrogens is 314 g/mol. The summed E-state index contributed by atoms with van der Waals surface area (Å²) in [5.41, 5.74) is 3.39. The van der Waals surface area contributed by atoms with E-state index in [1.165, 1.54) is 6.21 Å². The van der Waals surface area contributed by atoms with Crippen molar-refractivity contribution in [3.63, 3.8) is 0 Å². The van der Waals surface area contributed by atoms with Crippen molar-refractivity contribution < 1.29 is 4.74 Å². The van der Waals surface area contributed by atoms with Crippen LogP contribution in [-0.4, -0.2) is 49.5 Å². The molecule has 1 aliphatic rings. The summed E-state index contributed by atoms with van der Waals surface area (Å²) in [5.74, 6) is 0.623. The SMILES string of the molecule is CNc1cc(-c2cc(Cl)nc(N3CCOCC3)n2)ccc1C=N. The Morgan fingerprint density at radius 2 is 2.04 bits per heavy atom. The van der Waals surface area contributed by atoms with Gasteiger partial charge in [-0.3, -0.25) is 0 Å². The fraction of sp³-hybridized carbons (Fsp3) is 0.312. The van der Waals surface area contributed by atoms with Crippen molar-refractivity contribution >= 4 is 29.5 Å². The number of ether oxygens (including phenoxy) is 1. The van der Waals surface area contributed by atoms with Crippen LogP contribution in [0.2, 0.25) is 5.15 Å². The van der Waals surface area contributed by atoms with Gasteiger partial charge in [0.15, 0.2) is 0 Å². The summed E-state index contributed by atoms with van der Waals surface area (Å²) < 4.78 is 5.36. The number of rotatable bonds is 4. The second kappa shape index (κ2) is 6.93. The standard InChI is InChI=1S/C16H18ClN5O/c1-19-13-8-11(2-3-12(13)10-18)14-9-15(17)21-16(20-14)22-4-6-23-7-5-22/h2-3,8-10,18-19H,4-7H2,1H3. The summed E-state index contributed by atoms with van der Waals surface area (Å²) in [7, 11) is 1.83. The van der Waals surface area contributed by atoms with Crippen LogP contribution in [0.15, 0.2) is 24.3 Å². The highest BCUT2D eigenvalue weighted by atomic mass is 35.5. The summed E-state index contributed by atoms with van der Waals surface area (Å²) >= 11 is 6.19. The van der Waals surface area contributed by atoms with Crippen LogP contribution in [0.4, 0.5) is 11.6 Å². The highest BCUT2D eigenvalue weighted by molar-refractivity contribution is 6.29. The molecule has 120 valence electrons. The van der Waals surface area contributed by atoms with Crippen LogP contribution in [0.25, 0.3) is 11.3 Å². The summed E-state index contributed by atoms with van der Waals surface area (Å²) in [6.45, 7) is 2.86. The van der Waals surface area contributed by atoms with Crippen LogP contribution in [0, 0.1) is 5.41 Å². The molecule has 1 aromatic carbocycles. The van der Waals surface area contributed by atoms with Crippen molar-refractivity contribution in [1.82, 2.24) is 9.97 Å². The molecule has 1 fully saturated rings. The van der Waals surface area contributed by atoms with E-state index in [2.05, 4.69) is 20.2 Å². The van der Waals surface area contributed by atoms with Gasteiger partial charge >= 0.3 is 0 Å². The number of nitrogens with zero attached hydrogens (tertiary/aromatic N) is 3. The maximum Gasteiger partial charge on any atom is 0.227 e. The lowest BCUT2D eigenvalue weighted by molar-refractivity contribution is 0.122. The summed E-state index contributed by atoms with van der Waals surface area (Å²) in [5, 5.41) is 10.9. The lowest BCUT2D eigenvalue weighted by atomic mass is 10.1. The molecule has 2 heterocycles. The van der Waals surface area contributed by atoms with Crippen molar-refractivity contribution in [2.24, 2.45) is 0 Å². The van der Waals surface area contributed by atoms with Crippen LogP contribution in [0.5, 0.6) is 0 Å². The summed E-state index contributed by atoms with van der Waals surface area (Å²) in [6, 6.07) is 7.54. The molecular formula is C16H18ClN5O. The molecule has 23 heavy (non-hydrogen) atoms. The van der Waals surface area contributed by atoms with Gasteiger partial charge in [0, 0.05) is 49.2 Å². The van der Waals surface area contributed by atoms with E-state index in [1.807, 2.05) is 25.2 Å². The predicted octanol–water partition coefficient (Wildman–Crippen LogP) is 2.67. The fourth-order valence-corrected chi connectivity index (χ4v) is 2.70. The molecule has 0 radical (unpaired) electrons. The molecule has 0 amide bonds. The highest BCUT2D eigenvalue weighted by Gasteiger charge is 2.16. The van der Waals surface area contributed by atoms with Gasteiger partial charge in [-0.15, -0.1) is 0 Å². The van der Waals surface area contributed by atoms with Gasteiger partial charge < -0.3 is 20.4 Å². The molecule has 7 heteroatoms. The second-order valence-corrected chi connectivity index (χ2v) is 5.56. The third kappa shape index (κ3) is 3.43. The molecule has 2 N–H and O–H groups in total. The second-order valence-electron chi connectivity index (χ2n) is 5.17. The van der Waals surface area contributed by atoms with Gasteiger partial charge in [0.05, 0.1) is 18.9 Å². The first-order chi connectivity index (χ1) is 11.2. The Hall–Kier alpha value is -2.18. The van der Waals surface area contributed by atoms with Gasteiger partial charge in [-0.25, -0.2) is 9.97 Å². The zero-order chi connectivity index (χ0) is 16.2. The average molecular weight is 332 g/mol. The Bertz CT molecular complexity index is 716. The van der Waals surface area contributed by atoms with E-state index in [1.54, 1.807) is 6.07 Å². The van der Waals surface area contributed by atoms with Crippen molar-refractivity contribution in [2.45, 2.75) is 0 Å². The van der Waals surface area contributed by atoms with Crippen LogP contribution in [0.3, 0.4) is 0 Å². The molecule has 1 aromatic heterocycles. The van der Waals surface area contributed by atoms with E-state index in [0.717, 1.165) is 35.6 Å². The maximum absolute atomic E-state index is 7.43. The minimum atomic E-state index is 0.415. The van der Waals surface area contributed by atoms with Gasteiger partial charge in [-0.05, 0) is 6.07 Å². The molecule has 6 nitrogen and oxygen atoms in total. The molecule has 1 saturated heterocycles. The normalized spacial score (nSPS) is 14.6. The maximum atomic E-state index is 7.43. The van der Waals surface area contributed by atoms with Crippen molar-refractivity contribution in [1.29, 1.82) is 5.41 Å². The Kier molecular flexibility index (Phi) is 4.73. The fourth-order valence-electron chi connectivity index (χ4n) is 2.52. The lowest BCUT2D eigenvalue weighted by Gasteiger charge is -2.27. The van der Waals surface area contributed by atoms with Crippen LogP contribution < -0.4 is 10.2 Å². The van der Waals surface area contributed by atoms with Crippen LogP contribution in [-0.2, 0) is 4.74 Å². The number of halogens is 1. The quantitative estimate of drug-likeness (QED) is 0.665. The van der Waals surface area contributed by atoms with Crippen molar-refractivity contribution in [3.05, 3.63) is 35.0 Å². The Morgan fingerprint density at radius 1 is 1.26 bits per heavy atom. The first-order valence-corrected chi connectivity index (χ1v) is 7.79. The van der Waals surface area contributed by atoms with Gasteiger partial charge in [0.2, 0.25) is 5.95 Å².